The van der Waals surface area contributed by atoms with Gasteiger partial charge in [-0.1, -0.05) is 11.3 Å². The zero-order valence-electron chi connectivity index (χ0n) is 6.50. The van der Waals surface area contributed by atoms with Gasteiger partial charge in [-0.05, 0) is 6.42 Å². The molecule has 4 nitrogen and oxygen atoms in total. The first-order valence-corrected chi connectivity index (χ1v) is 4.64. The van der Waals surface area contributed by atoms with Crippen LogP contribution >= 0.6 is 11.3 Å². The van der Waals surface area contributed by atoms with Crippen LogP contribution < -0.4 is 10.6 Å². The van der Waals surface area contributed by atoms with Crippen LogP contribution in [0.5, 0.6) is 0 Å². The third-order valence-electron chi connectivity index (χ3n) is 2.11. The van der Waals surface area contributed by atoms with Gasteiger partial charge in [-0.2, -0.15) is 0 Å². The number of H-pyrrole nitrogens is 1. The lowest BCUT2D eigenvalue weighted by atomic mass is 9.97. The molecule has 0 aromatic carbocycles. The average molecular weight is 186 g/mol. The van der Waals surface area contributed by atoms with Crippen molar-refractivity contribution in [2.24, 2.45) is 5.73 Å². The van der Waals surface area contributed by atoms with E-state index < -0.39 is 5.54 Å². The largest absolute Gasteiger partial charge is 0.379 e. The molecule has 1 saturated heterocycles. The van der Waals surface area contributed by atoms with Gasteiger partial charge in [0.2, 0.25) is 0 Å². The van der Waals surface area contributed by atoms with Crippen LogP contribution in [0.2, 0.25) is 0 Å². The SMILES string of the molecule is NC1(c2csc(=O)[nH]2)CCOC1. The molecule has 0 saturated carbocycles. The van der Waals surface area contributed by atoms with Crippen LogP contribution in [0.25, 0.3) is 0 Å². The Morgan fingerprint density at radius 2 is 2.58 bits per heavy atom. The molecular formula is C7H10N2O2S. The quantitative estimate of drug-likeness (QED) is 0.649. The molecule has 1 aromatic heterocycles. The Bertz CT molecular complexity index is 324. The third kappa shape index (κ3) is 1.20. The zero-order valence-corrected chi connectivity index (χ0v) is 7.32. The van der Waals surface area contributed by atoms with Crippen molar-refractivity contribution in [1.82, 2.24) is 4.98 Å². The molecule has 1 aliphatic heterocycles. The number of ether oxygens (including phenoxy) is 1. The van der Waals surface area contributed by atoms with Gasteiger partial charge in [0.05, 0.1) is 17.8 Å². The van der Waals surface area contributed by atoms with E-state index in [1.54, 1.807) is 5.38 Å². The topological polar surface area (TPSA) is 68.1 Å². The lowest BCUT2D eigenvalue weighted by Gasteiger charge is -2.18. The summed E-state index contributed by atoms with van der Waals surface area (Å²) in [6, 6.07) is 0. The van der Waals surface area contributed by atoms with E-state index in [0.29, 0.717) is 13.2 Å². The number of nitrogens with one attached hydrogen (secondary N) is 1. The van der Waals surface area contributed by atoms with E-state index in [2.05, 4.69) is 4.98 Å². The van der Waals surface area contributed by atoms with Gasteiger partial charge in [0.25, 0.3) is 0 Å². The Morgan fingerprint density at radius 1 is 1.75 bits per heavy atom. The highest BCUT2D eigenvalue weighted by molar-refractivity contribution is 7.07. The molecule has 0 radical (unpaired) electrons. The summed E-state index contributed by atoms with van der Waals surface area (Å²) >= 11 is 1.14. The number of aromatic nitrogens is 1. The first-order chi connectivity index (χ1) is 5.71. The van der Waals surface area contributed by atoms with E-state index >= 15 is 0 Å². The first kappa shape index (κ1) is 7.97. The van der Waals surface area contributed by atoms with E-state index in [1.165, 1.54) is 0 Å². The Morgan fingerprint density at radius 3 is 3.08 bits per heavy atom. The van der Waals surface area contributed by atoms with Crippen LogP contribution in [0.1, 0.15) is 12.1 Å². The molecule has 0 amide bonds. The van der Waals surface area contributed by atoms with Crippen molar-refractivity contribution in [3.8, 4) is 0 Å². The smallest absolute Gasteiger partial charge is 0.304 e. The van der Waals surface area contributed by atoms with Crippen molar-refractivity contribution in [1.29, 1.82) is 0 Å². The molecule has 1 aliphatic rings. The summed E-state index contributed by atoms with van der Waals surface area (Å²) in [5.74, 6) is 0. The molecule has 1 unspecified atom stereocenters. The van der Waals surface area contributed by atoms with Gasteiger partial charge < -0.3 is 15.5 Å². The molecule has 1 atom stereocenters. The number of hydrogen-bond donors (Lipinski definition) is 2. The number of rotatable bonds is 1. The van der Waals surface area contributed by atoms with Crippen LogP contribution in [0, 0.1) is 0 Å². The molecule has 0 spiro atoms. The fraction of sp³-hybridized carbons (Fsp3) is 0.571. The summed E-state index contributed by atoms with van der Waals surface area (Å²) in [7, 11) is 0. The van der Waals surface area contributed by atoms with Gasteiger partial charge in [0, 0.05) is 12.0 Å². The number of thiazole rings is 1. The molecule has 66 valence electrons. The summed E-state index contributed by atoms with van der Waals surface area (Å²) in [6.07, 6.45) is 0.777. The number of nitrogens with two attached hydrogens (primary N) is 1. The average Bonchev–Trinajstić information content (AvgIpc) is 2.59. The van der Waals surface area contributed by atoms with Crippen LogP contribution in [-0.2, 0) is 10.3 Å². The molecule has 2 heterocycles. The summed E-state index contributed by atoms with van der Waals surface area (Å²) in [5.41, 5.74) is 6.35. The maximum absolute atomic E-state index is 10.9. The standard InChI is InChI=1S/C7H10N2O2S/c8-7(1-2-11-4-7)5-3-12-6(10)9-5/h3H,1-2,4,8H2,(H,9,10). The van der Waals surface area contributed by atoms with Crippen molar-refractivity contribution in [2.45, 2.75) is 12.0 Å². The van der Waals surface area contributed by atoms with Crippen molar-refractivity contribution in [3.05, 3.63) is 20.7 Å². The van der Waals surface area contributed by atoms with Crippen LogP contribution in [0.15, 0.2) is 10.2 Å². The highest BCUT2D eigenvalue weighted by atomic mass is 32.1. The van der Waals surface area contributed by atoms with Crippen molar-refractivity contribution >= 4 is 11.3 Å². The Labute approximate surface area is 73.4 Å². The van der Waals surface area contributed by atoms with Gasteiger partial charge in [0.1, 0.15) is 0 Å². The molecule has 2 rings (SSSR count). The van der Waals surface area contributed by atoms with E-state index in [1.807, 2.05) is 0 Å². The second-order valence-electron chi connectivity index (χ2n) is 3.02. The molecule has 12 heavy (non-hydrogen) atoms. The zero-order chi connectivity index (χ0) is 8.60. The Kier molecular flexibility index (Phi) is 1.79. The predicted molar refractivity (Wildman–Crippen MR) is 46.2 cm³/mol. The molecule has 1 aromatic rings. The second-order valence-corrected chi connectivity index (χ2v) is 3.86. The van der Waals surface area contributed by atoms with Crippen molar-refractivity contribution in [2.75, 3.05) is 13.2 Å². The minimum atomic E-state index is -0.459. The van der Waals surface area contributed by atoms with Crippen LogP contribution in [0.4, 0.5) is 0 Å². The van der Waals surface area contributed by atoms with E-state index in [9.17, 15) is 4.79 Å². The van der Waals surface area contributed by atoms with Gasteiger partial charge in [-0.15, -0.1) is 0 Å². The molecule has 0 aliphatic carbocycles. The van der Waals surface area contributed by atoms with Gasteiger partial charge in [-0.3, -0.25) is 4.79 Å². The summed E-state index contributed by atoms with van der Waals surface area (Å²) in [5, 5.41) is 1.77. The van der Waals surface area contributed by atoms with Crippen molar-refractivity contribution in [3.63, 3.8) is 0 Å². The van der Waals surface area contributed by atoms with Crippen LogP contribution in [0.3, 0.4) is 0 Å². The molecule has 1 fully saturated rings. The third-order valence-corrected chi connectivity index (χ3v) is 2.78. The van der Waals surface area contributed by atoms with E-state index in [4.69, 9.17) is 10.5 Å². The molecule has 5 heteroatoms. The first-order valence-electron chi connectivity index (χ1n) is 3.76. The monoisotopic (exact) mass is 186 g/mol. The number of hydrogen-bond acceptors (Lipinski definition) is 4. The fourth-order valence-corrected chi connectivity index (χ4v) is 2.00. The lowest BCUT2D eigenvalue weighted by molar-refractivity contribution is 0.177. The summed E-state index contributed by atoms with van der Waals surface area (Å²) in [6.45, 7) is 1.17. The van der Waals surface area contributed by atoms with Gasteiger partial charge in [-0.25, -0.2) is 0 Å². The van der Waals surface area contributed by atoms with Gasteiger partial charge in [0.15, 0.2) is 0 Å². The second kappa shape index (κ2) is 2.69. The highest BCUT2D eigenvalue weighted by Gasteiger charge is 2.33. The Balaban J connectivity index is 2.34. The van der Waals surface area contributed by atoms with Gasteiger partial charge >= 0.3 is 4.87 Å². The van der Waals surface area contributed by atoms with Crippen LogP contribution in [-0.4, -0.2) is 18.2 Å². The Hall–Kier alpha value is -0.650. The fourth-order valence-electron chi connectivity index (χ4n) is 1.32. The maximum atomic E-state index is 10.9. The predicted octanol–water partition coefficient (Wildman–Crippen LogP) is 0.0107. The van der Waals surface area contributed by atoms with Crippen molar-refractivity contribution < 1.29 is 4.74 Å². The summed E-state index contributed by atoms with van der Waals surface area (Å²) in [4.78, 5) is 13.5. The van der Waals surface area contributed by atoms with E-state index in [-0.39, 0.29) is 4.87 Å². The molecule has 0 bridgehead atoms. The highest BCUT2D eigenvalue weighted by Crippen LogP contribution is 2.25. The lowest BCUT2D eigenvalue weighted by Crippen LogP contribution is -2.37. The number of aromatic amines is 1. The summed E-state index contributed by atoms with van der Waals surface area (Å²) < 4.78 is 5.18. The van der Waals surface area contributed by atoms with E-state index in [0.717, 1.165) is 23.5 Å². The molecular weight excluding hydrogens is 176 g/mol. The normalized spacial score (nSPS) is 29.4. The maximum Gasteiger partial charge on any atom is 0.304 e. The minimum absolute atomic E-state index is 0.0540. The molecule has 3 N–H and O–H groups in total. The minimum Gasteiger partial charge on any atom is -0.379 e.